The molecule has 108 valence electrons. The van der Waals surface area contributed by atoms with Gasteiger partial charge in [0, 0.05) is 42.3 Å². The number of halogens is 2. The zero-order valence-electron chi connectivity index (χ0n) is 11.5. The predicted molar refractivity (Wildman–Crippen MR) is 77.7 cm³/mol. The fourth-order valence-electron chi connectivity index (χ4n) is 2.66. The number of hydrogen-bond acceptors (Lipinski definition) is 2. The van der Waals surface area contributed by atoms with E-state index in [4.69, 9.17) is 11.6 Å². The standard InChI is InChI=1S/C15H19ClFN3/c1-11-2-3-12(5-18-7-13(4-16)20-11)6-19-10-14-8-15(14,17)9-14/h2-3,5,7,19-20H,4,6,8-10H2,1H3. The van der Waals surface area contributed by atoms with Crippen molar-refractivity contribution in [2.24, 2.45) is 5.41 Å². The highest BCUT2D eigenvalue weighted by Gasteiger charge is 2.84. The summed E-state index contributed by atoms with van der Waals surface area (Å²) in [5.41, 5.74) is 2.11. The highest BCUT2D eigenvalue weighted by molar-refractivity contribution is 6.16. The van der Waals surface area contributed by atoms with E-state index < -0.39 is 5.67 Å². The molecule has 20 heavy (non-hydrogen) atoms. The molecule has 2 saturated carbocycles. The summed E-state index contributed by atoms with van der Waals surface area (Å²) in [6.45, 7) is 3.45. The first-order valence-electron chi connectivity index (χ1n) is 6.89. The number of rotatable bonds is 5. The molecule has 0 aliphatic heterocycles. The Balaban J connectivity index is 1.65. The largest absolute Gasteiger partial charge is 0.360 e. The van der Waals surface area contributed by atoms with Crippen molar-refractivity contribution >= 4 is 11.6 Å². The van der Waals surface area contributed by atoms with Crippen LogP contribution in [0.3, 0.4) is 0 Å². The zero-order valence-corrected chi connectivity index (χ0v) is 12.3. The highest BCUT2D eigenvalue weighted by atomic mass is 35.5. The van der Waals surface area contributed by atoms with E-state index in [1.54, 1.807) is 6.20 Å². The fourth-order valence-corrected chi connectivity index (χ4v) is 2.80. The number of aromatic nitrogens is 2. The monoisotopic (exact) mass is 295 g/mol. The Hall–Kier alpha value is -1.13. The van der Waals surface area contributed by atoms with Crippen molar-refractivity contribution in [1.29, 1.82) is 0 Å². The molecule has 2 aliphatic carbocycles. The summed E-state index contributed by atoms with van der Waals surface area (Å²) in [6, 6.07) is 4.02. The molecular formula is C15H19ClFN3. The van der Waals surface area contributed by atoms with Gasteiger partial charge in [0.1, 0.15) is 5.67 Å². The normalized spacial score (nSPS) is 29.6. The fraction of sp³-hybridized carbons (Fsp3) is 0.533. The van der Waals surface area contributed by atoms with Crippen LogP contribution in [0.4, 0.5) is 4.39 Å². The van der Waals surface area contributed by atoms with Gasteiger partial charge in [0.2, 0.25) is 0 Å². The van der Waals surface area contributed by atoms with Crippen LogP contribution in [-0.4, -0.2) is 22.2 Å². The molecule has 0 saturated heterocycles. The number of H-pyrrole nitrogens is 1. The summed E-state index contributed by atoms with van der Waals surface area (Å²) >= 11 is 5.82. The van der Waals surface area contributed by atoms with Crippen molar-refractivity contribution < 1.29 is 4.39 Å². The molecular weight excluding hydrogens is 277 g/mol. The quantitative estimate of drug-likeness (QED) is 0.819. The van der Waals surface area contributed by atoms with Crippen LogP contribution in [0, 0.1) is 12.3 Å². The van der Waals surface area contributed by atoms with Crippen molar-refractivity contribution in [3.8, 4) is 0 Å². The van der Waals surface area contributed by atoms with E-state index >= 15 is 0 Å². The molecule has 0 bridgehead atoms. The Morgan fingerprint density at radius 3 is 2.80 bits per heavy atom. The first-order chi connectivity index (χ1) is 9.57. The third kappa shape index (κ3) is 2.67. The van der Waals surface area contributed by atoms with Gasteiger partial charge in [-0.25, -0.2) is 4.39 Å². The van der Waals surface area contributed by atoms with Crippen LogP contribution in [0.15, 0.2) is 24.5 Å². The van der Waals surface area contributed by atoms with Gasteiger partial charge in [0.15, 0.2) is 0 Å². The van der Waals surface area contributed by atoms with Gasteiger partial charge in [-0.1, -0.05) is 6.07 Å². The Kier molecular flexibility index (Phi) is 3.46. The molecule has 2 fully saturated rings. The molecule has 1 aromatic rings. The Labute approximate surface area is 123 Å². The van der Waals surface area contributed by atoms with Gasteiger partial charge in [-0.15, -0.1) is 11.6 Å². The van der Waals surface area contributed by atoms with E-state index in [0.29, 0.717) is 12.4 Å². The van der Waals surface area contributed by atoms with Crippen LogP contribution in [0.5, 0.6) is 0 Å². The molecule has 3 nitrogen and oxygen atoms in total. The van der Waals surface area contributed by atoms with Gasteiger partial charge in [0.25, 0.3) is 0 Å². The van der Waals surface area contributed by atoms with Crippen LogP contribution in [0.2, 0.25) is 0 Å². The van der Waals surface area contributed by atoms with Crippen molar-refractivity contribution in [2.75, 3.05) is 6.54 Å². The summed E-state index contributed by atoms with van der Waals surface area (Å²) in [7, 11) is 0. The first-order valence-corrected chi connectivity index (χ1v) is 7.43. The number of nitrogens with zero attached hydrogens (tertiary/aromatic N) is 1. The van der Waals surface area contributed by atoms with Gasteiger partial charge >= 0.3 is 0 Å². The lowest BCUT2D eigenvalue weighted by atomic mass is 10.2. The van der Waals surface area contributed by atoms with E-state index in [1.807, 2.05) is 25.3 Å². The zero-order chi connectivity index (χ0) is 14.2. The molecule has 3 rings (SSSR count). The van der Waals surface area contributed by atoms with Crippen LogP contribution in [-0.2, 0) is 12.4 Å². The summed E-state index contributed by atoms with van der Waals surface area (Å²) in [4.78, 5) is 7.46. The summed E-state index contributed by atoms with van der Waals surface area (Å²) in [5.74, 6) is 0.400. The molecule has 1 aromatic heterocycles. The third-order valence-electron chi connectivity index (χ3n) is 4.25. The Bertz CT molecular complexity index is 562. The van der Waals surface area contributed by atoms with Crippen LogP contribution in [0.1, 0.15) is 29.8 Å². The lowest BCUT2D eigenvalue weighted by Gasteiger charge is -2.04. The molecule has 0 atom stereocenters. The second kappa shape index (κ2) is 5.01. The maximum atomic E-state index is 13.5. The molecule has 2 N–H and O–H groups in total. The van der Waals surface area contributed by atoms with E-state index in [9.17, 15) is 4.39 Å². The SMILES string of the molecule is Cc1ccc(CNCC23CC2(F)C3)cncc(CCl)[nH]1. The molecule has 0 aromatic carbocycles. The third-order valence-corrected chi connectivity index (χ3v) is 4.54. The Morgan fingerprint density at radius 1 is 1.40 bits per heavy atom. The van der Waals surface area contributed by atoms with Crippen molar-refractivity contribution in [3.05, 3.63) is 41.5 Å². The lowest BCUT2D eigenvalue weighted by molar-refractivity contribution is 0.389. The number of alkyl halides is 2. The second-order valence-electron chi connectivity index (χ2n) is 5.99. The number of fused-ring (bicyclic) bond motifs is 1. The number of aromatic amines is 1. The average molecular weight is 296 g/mol. The van der Waals surface area contributed by atoms with Gasteiger partial charge in [0.05, 0.1) is 5.88 Å². The van der Waals surface area contributed by atoms with Crippen molar-refractivity contribution in [3.63, 3.8) is 0 Å². The molecule has 1 heterocycles. The van der Waals surface area contributed by atoms with Crippen molar-refractivity contribution in [1.82, 2.24) is 15.3 Å². The molecule has 0 spiro atoms. The molecule has 0 unspecified atom stereocenters. The Morgan fingerprint density at radius 2 is 2.15 bits per heavy atom. The summed E-state index contributed by atoms with van der Waals surface area (Å²) in [5, 5.41) is 3.34. The number of nitrogens with one attached hydrogen (secondary N) is 2. The first kappa shape index (κ1) is 13.8. The average Bonchev–Trinajstić information content (AvgIpc) is 3.15. The van der Waals surface area contributed by atoms with Crippen LogP contribution in [0.25, 0.3) is 0 Å². The lowest BCUT2D eigenvalue weighted by Crippen LogP contribution is -2.19. The highest BCUT2D eigenvalue weighted by Crippen LogP contribution is 2.80. The molecule has 2 aliphatic rings. The van der Waals surface area contributed by atoms with Gasteiger partial charge in [-0.2, -0.15) is 0 Å². The van der Waals surface area contributed by atoms with E-state index in [0.717, 1.165) is 36.3 Å². The maximum absolute atomic E-state index is 13.5. The second-order valence-corrected chi connectivity index (χ2v) is 6.25. The van der Waals surface area contributed by atoms with Crippen LogP contribution < -0.4 is 5.32 Å². The molecule has 0 amide bonds. The van der Waals surface area contributed by atoms with Crippen molar-refractivity contribution in [2.45, 2.75) is 37.9 Å². The van der Waals surface area contributed by atoms with Crippen LogP contribution >= 0.6 is 11.6 Å². The number of hydrogen-bond donors (Lipinski definition) is 2. The van der Waals surface area contributed by atoms with Gasteiger partial charge < -0.3 is 10.3 Å². The summed E-state index contributed by atoms with van der Waals surface area (Å²) < 4.78 is 13.5. The minimum Gasteiger partial charge on any atom is -0.360 e. The minimum absolute atomic E-state index is 0.0256. The molecule has 5 heteroatoms. The predicted octanol–water partition coefficient (Wildman–Crippen LogP) is 3.17. The van der Waals surface area contributed by atoms with E-state index in [1.165, 1.54) is 0 Å². The smallest absolute Gasteiger partial charge is 0.119 e. The summed E-state index contributed by atoms with van der Waals surface area (Å²) in [6.07, 6.45) is 5.03. The van der Waals surface area contributed by atoms with Gasteiger partial charge in [-0.3, -0.25) is 4.98 Å². The molecule has 0 radical (unpaired) electrons. The van der Waals surface area contributed by atoms with Gasteiger partial charge in [-0.05, 0) is 31.4 Å². The van der Waals surface area contributed by atoms with E-state index in [2.05, 4.69) is 15.3 Å². The van der Waals surface area contributed by atoms with E-state index in [-0.39, 0.29) is 5.41 Å². The number of aryl methyl sites for hydroxylation is 1. The maximum Gasteiger partial charge on any atom is 0.119 e. The topological polar surface area (TPSA) is 40.7 Å². The minimum atomic E-state index is -0.820.